The average molecular weight is 324 g/mol. The van der Waals surface area contributed by atoms with Crippen LogP contribution in [0.2, 0.25) is 0 Å². The van der Waals surface area contributed by atoms with Crippen molar-refractivity contribution in [2.24, 2.45) is 0 Å². The molecule has 1 fully saturated rings. The Bertz CT molecular complexity index is 637. The van der Waals surface area contributed by atoms with E-state index in [4.69, 9.17) is 4.84 Å². The molecule has 0 spiro atoms. The number of aromatic nitrogens is 1. The van der Waals surface area contributed by atoms with E-state index >= 15 is 0 Å². The van der Waals surface area contributed by atoms with Gasteiger partial charge in [-0.15, -0.1) is 0 Å². The van der Waals surface area contributed by atoms with Gasteiger partial charge >= 0.3 is 0 Å². The summed E-state index contributed by atoms with van der Waals surface area (Å²) in [6.07, 6.45) is 4.04. The van der Waals surface area contributed by atoms with Crippen molar-refractivity contribution in [2.45, 2.75) is 0 Å². The van der Waals surface area contributed by atoms with Gasteiger partial charge in [0.2, 0.25) is 0 Å². The van der Waals surface area contributed by atoms with Crippen LogP contribution in [0.4, 0.5) is 5.82 Å². The number of benzene rings is 1. The van der Waals surface area contributed by atoms with E-state index in [-0.39, 0.29) is 0 Å². The fraction of sp³-hybridized carbons (Fsp3) is 0.316. The quantitative estimate of drug-likeness (QED) is 0.826. The van der Waals surface area contributed by atoms with Crippen molar-refractivity contribution < 1.29 is 4.84 Å². The predicted octanol–water partition coefficient (Wildman–Crippen LogP) is 2.40. The second-order valence-electron chi connectivity index (χ2n) is 5.77. The maximum Gasteiger partial charge on any atom is 0.128 e. The van der Waals surface area contributed by atoms with Crippen molar-refractivity contribution in [2.75, 3.05) is 44.7 Å². The van der Waals surface area contributed by atoms with E-state index in [2.05, 4.69) is 44.5 Å². The molecule has 0 atom stereocenters. The summed E-state index contributed by atoms with van der Waals surface area (Å²) >= 11 is 0. The normalized spacial score (nSPS) is 16.2. The second kappa shape index (κ2) is 8.47. The first-order chi connectivity index (χ1) is 11.9. The van der Waals surface area contributed by atoms with Crippen LogP contribution in [0.5, 0.6) is 0 Å². The standard InChI is InChI=1S/C19H24N4O/c1-24-21-18(17-7-3-2-4-8-17)10-12-22-13-15-23(16-14-22)19-9-5-6-11-20-19/h2-11,21H,12-16H2,1H3. The van der Waals surface area contributed by atoms with Crippen molar-refractivity contribution in [3.8, 4) is 0 Å². The van der Waals surface area contributed by atoms with Crippen LogP contribution in [0, 0.1) is 0 Å². The highest BCUT2D eigenvalue weighted by Gasteiger charge is 2.17. The SMILES string of the molecule is CONC(=CCN1CCN(c2ccccn2)CC1)c1ccccc1. The minimum Gasteiger partial charge on any atom is -0.354 e. The number of hydrogen-bond donors (Lipinski definition) is 1. The molecule has 1 N–H and O–H groups in total. The molecule has 0 aliphatic carbocycles. The van der Waals surface area contributed by atoms with Crippen LogP contribution in [0.3, 0.4) is 0 Å². The van der Waals surface area contributed by atoms with Gasteiger partial charge < -0.3 is 4.90 Å². The lowest BCUT2D eigenvalue weighted by Crippen LogP contribution is -2.46. The Balaban J connectivity index is 1.57. The Morgan fingerprint density at radius 1 is 1.08 bits per heavy atom. The summed E-state index contributed by atoms with van der Waals surface area (Å²) in [6, 6.07) is 16.3. The molecule has 1 aliphatic rings. The zero-order valence-electron chi connectivity index (χ0n) is 14.1. The molecule has 2 heterocycles. The van der Waals surface area contributed by atoms with E-state index < -0.39 is 0 Å². The van der Waals surface area contributed by atoms with Gasteiger partial charge in [0.25, 0.3) is 0 Å². The van der Waals surface area contributed by atoms with Crippen molar-refractivity contribution in [3.63, 3.8) is 0 Å². The molecule has 0 saturated carbocycles. The van der Waals surface area contributed by atoms with Crippen LogP contribution < -0.4 is 10.4 Å². The van der Waals surface area contributed by atoms with Gasteiger partial charge in [0.05, 0.1) is 12.8 Å². The first-order valence-electron chi connectivity index (χ1n) is 8.30. The number of piperazine rings is 1. The third-order valence-corrected chi connectivity index (χ3v) is 4.20. The zero-order valence-corrected chi connectivity index (χ0v) is 14.1. The van der Waals surface area contributed by atoms with Gasteiger partial charge in [0.15, 0.2) is 0 Å². The van der Waals surface area contributed by atoms with Gasteiger partial charge in [-0.2, -0.15) is 0 Å². The molecule has 0 amide bonds. The topological polar surface area (TPSA) is 40.6 Å². The minimum atomic E-state index is 0.899. The third kappa shape index (κ3) is 4.34. The van der Waals surface area contributed by atoms with Crippen LogP contribution in [0.1, 0.15) is 5.56 Å². The molecule has 2 aromatic rings. The first kappa shape index (κ1) is 16.5. The van der Waals surface area contributed by atoms with Gasteiger partial charge in [-0.05, 0) is 23.8 Å². The molecular weight excluding hydrogens is 300 g/mol. The molecule has 5 nitrogen and oxygen atoms in total. The minimum absolute atomic E-state index is 0.899. The van der Waals surface area contributed by atoms with E-state index in [1.54, 1.807) is 7.11 Å². The highest BCUT2D eigenvalue weighted by atomic mass is 16.6. The highest BCUT2D eigenvalue weighted by molar-refractivity contribution is 5.63. The van der Waals surface area contributed by atoms with Crippen molar-refractivity contribution >= 4 is 11.5 Å². The number of anilines is 1. The van der Waals surface area contributed by atoms with Crippen molar-refractivity contribution in [3.05, 3.63) is 66.4 Å². The largest absolute Gasteiger partial charge is 0.354 e. The molecule has 1 aliphatic heterocycles. The third-order valence-electron chi connectivity index (χ3n) is 4.20. The van der Waals surface area contributed by atoms with Crippen LogP contribution in [0.25, 0.3) is 5.70 Å². The maximum atomic E-state index is 5.12. The summed E-state index contributed by atoms with van der Waals surface area (Å²) in [5.41, 5.74) is 5.12. The highest BCUT2D eigenvalue weighted by Crippen LogP contribution is 2.14. The van der Waals surface area contributed by atoms with Crippen LogP contribution in [-0.4, -0.2) is 49.7 Å². The fourth-order valence-electron chi connectivity index (χ4n) is 2.87. The van der Waals surface area contributed by atoms with Crippen molar-refractivity contribution in [1.29, 1.82) is 0 Å². The smallest absolute Gasteiger partial charge is 0.128 e. The van der Waals surface area contributed by atoms with E-state index in [1.165, 1.54) is 0 Å². The molecule has 3 rings (SSSR count). The molecule has 0 radical (unpaired) electrons. The summed E-state index contributed by atoms with van der Waals surface area (Å²) in [7, 11) is 1.64. The molecule has 0 bridgehead atoms. The number of nitrogens with zero attached hydrogens (tertiary/aromatic N) is 3. The van der Waals surface area contributed by atoms with Crippen LogP contribution in [0.15, 0.2) is 60.8 Å². The van der Waals surface area contributed by atoms with Crippen LogP contribution >= 0.6 is 0 Å². The van der Waals surface area contributed by atoms with E-state index in [1.807, 2.05) is 36.5 Å². The Kier molecular flexibility index (Phi) is 5.82. The Morgan fingerprint density at radius 2 is 1.83 bits per heavy atom. The summed E-state index contributed by atoms with van der Waals surface area (Å²) in [6.45, 7) is 4.97. The zero-order chi connectivity index (χ0) is 16.6. The van der Waals surface area contributed by atoms with E-state index in [0.29, 0.717) is 0 Å². The second-order valence-corrected chi connectivity index (χ2v) is 5.77. The Hall–Kier alpha value is -2.37. The van der Waals surface area contributed by atoms with E-state index in [9.17, 15) is 0 Å². The number of nitrogens with one attached hydrogen (secondary N) is 1. The monoisotopic (exact) mass is 324 g/mol. The summed E-state index contributed by atoms with van der Waals surface area (Å²) in [5.74, 6) is 1.07. The number of hydroxylamine groups is 1. The molecule has 1 saturated heterocycles. The molecule has 0 unspecified atom stereocenters. The van der Waals surface area contributed by atoms with E-state index in [0.717, 1.165) is 49.8 Å². The number of pyridine rings is 1. The fourth-order valence-corrected chi connectivity index (χ4v) is 2.87. The van der Waals surface area contributed by atoms with Gasteiger partial charge in [-0.3, -0.25) is 15.2 Å². The lowest BCUT2D eigenvalue weighted by Gasteiger charge is -2.34. The van der Waals surface area contributed by atoms with Crippen molar-refractivity contribution in [1.82, 2.24) is 15.4 Å². The van der Waals surface area contributed by atoms with Gasteiger partial charge in [-0.1, -0.05) is 36.4 Å². The molecule has 1 aromatic heterocycles. The molecular formula is C19H24N4O. The Labute approximate surface area is 143 Å². The lowest BCUT2D eigenvalue weighted by molar-refractivity contribution is 0.136. The van der Waals surface area contributed by atoms with Gasteiger partial charge in [0.1, 0.15) is 5.82 Å². The summed E-state index contributed by atoms with van der Waals surface area (Å²) in [4.78, 5) is 14.3. The first-order valence-corrected chi connectivity index (χ1v) is 8.30. The predicted molar refractivity (Wildman–Crippen MR) is 97.5 cm³/mol. The average Bonchev–Trinajstić information content (AvgIpc) is 2.67. The molecule has 126 valence electrons. The molecule has 5 heteroatoms. The summed E-state index contributed by atoms with van der Waals surface area (Å²) in [5, 5.41) is 0. The van der Waals surface area contributed by atoms with Crippen LogP contribution in [-0.2, 0) is 4.84 Å². The summed E-state index contributed by atoms with van der Waals surface area (Å²) < 4.78 is 0. The number of hydrogen-bond acceptors (Lipinski definition) is 5. The number of rotatable bonds is 6. The molecule has 1 aromatic carbocycles. The van der Waals surface area contributed by atoms with Gasteiger partial charge in [0, 0.05) is 38.9 Å². The van der Waals surface area contributed by atoms with Gasteiger partial charge in [-0.25, -0.2) is 4.98 Å². The lowest BCUT2D eigenvalue weighted by atomic mass is 10.1. The maximum absolute atomic E-state index is 5.12. The Morgan fingerprint density at radius 3 is 2.50 bits per heavy atom. The molecule has 24 heavy (non-hydrogen) atoms.